The highest BCUT2D eigenvalue weighted by Gasteiger charge is 2.00. The Morgan fingerprint density at radius 3 is 2.44 bits per heavy atom. The quantitative estimate of drug-likeness (QED) is 0.845. The standard InChI is InChI=1S/C11H15N5/c1-8-4-9(2)6-10(5-8)12-7-11-13-15-16(3)14-11/h4-6,12H,7H2,1-3H3. The van der Waals surface area contributed by atoms with Gasteiger partial charge in [0.05, 0.1) is 13.6 Å². The van der Waals surface area contributed by atoms with Crippen LogP contribution in [-0.4, -0.2) is 20.2 Å². The fraction of sp³-hybridized carbons (Fsp3) is 0.364. The minimum Gasteiger partial charge on any atom is -0.378 e. The summed E-state index contributed by atoms with van der Waals surface area (Å²) in [5, 5.41) is 15.1. The summed E-state index contributed by atoms with van der Waals surface area (Å²) in [6.45, 7) is 4.76. The highest BCUT2D eigenvalue weighted by atomic mass is 15.6. The zero-order chi connectivity index (χ0) is 11.5. The Hall–Kier alpha value is -1.91. The van der Waals surface area contributed by atoms with Crippen LogP contribution in [0.2, 0.25) is 0 Å². The molecule has 0 amide bonds. The molecule has 2 rings (SSSR count). The molecule has 0 spiro atoms. The summed E-state index contributed by atoms with van der Waals surface area (Å²) in [6.07, 6.45) is 0. The van der Waals surface area contributed by atoms with Gasteiger partial charge in [0.15, 0.2) is 5.82 Å². The molecule has 0 bridgehead atoms. The summed E-state index contributed by atoms with van der Waals surface area (Å²) in [6, 6.07) is 6.35. The largest absolute Gasteiger partial charge is 0.378 e. The Bertz CT molecular complexity index is 469. The number of nitrogens with one attached hydrogen (secondary N) is 1. The van der Waals surface area contributed by atoms with Crippen LogP contribution in [-0.2, 0) is 13.6 Å². The van der Waals surface area contributed by atoms with Crippen LogP contribution in [0.3, 0.4) is 0 Å². The van der Waals surface area contributed by atoms with Gasteiger partial charge in [0, 0.05) is 5.69 Å². The summed E-state index contributed by atoms with van der Waals surface area (Å²) in [7, 11) is 1.76. The highest BCUT2D eigenvalue weighted by Crippen LogP contribution is 2.13. The van der Waals surface area contributed by atoms with Gasteiger partial charge in [-0.15, -0.1) is 10.2 Å². The van der Waals surface area contributed by atoms with E-state index in [-0.39, 0.29) is 0 Å². The fourth-order valence-electron chi connectivity index (χ4n) is 1.65. The predicted molar refractivity (Wildman–Crippen MR) is 62.0 cm³/mol. The number of aryl methyl sites for hydroxylation is 3. The van der Waals surface area contributed by atoms with Crippen molar-refractivity contribution in [3.8, 4) is 0 Å². The van der Waals surface area contributed by atoms with Gasteiger partial charge in [0.2, 0.25) is 0 Å². The van der Waals surface area contributed by atoms with Gasteiger partial charge in [0.25, 0.3) is 0 Å². The fourth-order valence-corrected chi connectivity index (χ4v) is 1.65. The Morgan fingerprint density at radius 2 is 1.88 bits per heavy atom. The Labute approximate surface area is 94.5 Å². The van der Waals surface area contributed by atoms with Crippen molar-refractivity contribution in [3.05, 3.63) is 35.2 Å². The molecular formula is C11H15N5. The molecular weight excluding hydrogens is 202 g/mol. The third-order valence-electron chi connectivity index (χ3n) is 2.22. The highest BCUT2D eigenvalue weighted by molar-refractivity contribution is 5.48. The van der Waals surface area contributed by atoms with Crippen LogP contribution >= 0.6 is 0 Å². The van der Waals surface area contributed by atoms with Crippen molar-refractivity contribution < 1.29 is 0 Å². The molecule has 0 fully saturated rings. The number of nitrogens with zero attached hydrogens (tertiary/aromatic N) is 4. The maximum Gasteiger partial charge on any atom is 0.193 e. The predicted octanol–water partition coefficient (Wildman–Crippen LogP) is 1.44. The van der Waals surface area contributed by atoms with Crippen molar-refractivity contribution in [3.63, 3.8) is 0 Å². The molecule has 0 saturated carbocycles. The normalized spacial score (nSPS) is 10.4. The minimum absolute atomic E-state index is 0.594. The lowest BCUT2D eigenvalue weighted by molar-refractivity contribution is 0.628. The van der Waals surface area contributed by atoms with E-state index in [4.69, 9.17) is 0 Å². The second-order valence-corrected chi connectivity index (χ2v) is 3.93. The van der Waals surface area contributed by atoms with Crippen molar-refractivity contribution >= 4 is 5.69 Å². The van der Waals surface area contributed by atoms with E-state index in [9.17, 15) is 0 Å². The minimum atomic E-state index is 0.594. The molecule has 0 aliphatic heterocycles. The second-order valence-electron chi connectivity index (χ2n) is 3.93. The topological polar surface area (TPSA) is 55.6 Å². The maximum atomic E-state index is 4.10. The first-order chi connectivity index (χ1) is 7.63. The molecule has 0 saturated heterocycles. The van der Waals surface area contributed by atoms with Gasteiger partial charge in [-0.05, 0) is 42.3 Å². The monoisotopic (exact) mass is 217 g/mol. The molecule has 2 aromatic rings. The van der Waals surface area contributed by atoms with Gasteiger partial charge >= 0.3 is 0 Å². The lowest BCUT2D eigenvalue weighted by Gasteiger charge is -2.06. The molecule has 0 unspecified atom stereocenters. The van der Waals surface area contributed by atoms with Crippen LogP contribution in [0.5, 0.6) is 0 Å². The number of rotatable bonds is 3. The molecule has 0 radical (unpaired) electrons. The van der Waals surface area contributed by atoms with Crippen LogP contribution in [0, 0.1) is 13.8 Å². The van der Waals surface area contributed by atoms with Crippen LogP contribution in [0.15, 0.2) is 18.2 Å². The molecule has 1 aromatic carbocycles. The molecule has 84 valence electrons. The summed E-state index contributed by atoms with van der Waals surface area (Å²) >= 11 is 0. The summed E-state index contributed by atoms with van der Waals surface area (Å²) in [5.74, 6) is 0.696. The van der Waals surface area contributed by atoms with Crippen molar-refractivity contribution in [1.29, 1.82) is 0 Å². The number of tetrazole rings is 1. The first-order valence-electron chi connectivity index (χ1n) is 5.18. The van der Waals surface area contributed by atoms with Crippen LogP contribution < -0.4 is 5.32 Å². The van der Waals surface area contributed by atoms with E-state index in [1.807, 2.05) is 0 Å². The molecule has 0 aliphatic carbocycles. The van der Waals surface area contributed by atoms with E-state index in [2.05, 4.69) is 52.8 Å². The zero-order valence-electron chi connectivity index (χ0n) is 9.73. The van der Waals surface area contributed by atoms with Gasteiger partial charge in [-0.1, -0.05) is 6.07 Å². The SMILES string of the molecule is Cc1cc(C)cc(NCc2nnn(C)n2)c1. The Balaban J connectivity index is 2.04. The van der Waals surface area contributed by atoms with Crippen molar-refractivity contribution in [2.45, 2.75) is 20.4 Å². The molecule has 1 heterocycles. The third-order valence-corrected chi connectivity index (χ3v) is 2.22. The average molecular weight is 217 g/mol. The number of aromatic nitrogens is 4. The molecule has 1 N–H and O–H groups in total. The lowest BCUT2D eigenvalue weighted by Crippen LogP contribution is -2.02. The lowest BCUT2D eigenvalue weighted by atomic mass is 10.1. The van der Waals surface area contributed by atoms with Gasteiger partial charge in [-0.25, -0.2) is 0 Å². The zero-order valence-corrected chi connectivity index (χ0v) is 9.73. The van der Waals surface area contributed by atoms with Gasteiger partial charge < -0.3 is 5.32 Å². The average Bonchev–Trinajstić information content (AvgIpc) is 2.60. The van der Waals surface area contributed by atoms with Gasteiger partial charge in [-0.2, -0.15) is 4.80 Å². The Kier molecular flexibility index (Phi) is 2.85. The van der Waals surface area contributed by atoms with Gasteiger partial charge in [0.1, 0.15) is 0 Å². The van der Waals surface area contributed by atoms with Crippen LogP contribution in [0.4, 0.5) is 5.69 Å². The molecule has 0 aliphatic rings. The van der Waals surface area contributed by atoms with Crippen LogP contribution in [0.1, 0.15) is 17.0 Å². The van der Waals surface area contributed by atoms with Crippen molar-refractivity contribution in [2.75, 3.05) is 5.32 Å². The summed E-state index contributed by atoms with van der Waals surface area (Å²) in [5.41, 5.74) is 3.58. The first kappa shape index (κ1) is 10.6. The van der Waals surface area contributed by atoms with E-state index in [1.165, 1.54) is 15.9 Å². The molecule has 5 heteroatoms. The summed E-state index contributed by atoms with van der Waals surface area (Å²) in [4.78, 5) is 1.46. The maximum absolute atomic E-state index is 4.10. The van der Waals surface area contributed by atoms with Crippen LogP contribution in [0.25, 0.3) is 0 Å². The molecule has 1 aromatic heterocycles. The van der Waals surface area contributed by atoms with E-state index in [0.717, 1.165) is 5.69 Å². The first-order valence-corrected chi connectivity index (χ1v) is 5.18. The molecule has 5 nitrogen and oxygen atoms in total. The molecule has 0 atom stereocenters. The smallest absolute Gasteiger partial charge is 0.193 e. The molecule has 16 heavy (non-hydrogen) atoms. The Morgan fingerprint density at radius 1 is 1.19 bits per heavy atom. The second kappa shape index (κ2) is 4.30. The number of hydrogen-bond donors (Lipinski definition) is 1. The number of benzene rings is 1. The van der Waals surface area contributed by atoms with Gasteiger partial charge in [-0.3, -0.25) is 0 Å². The number of anilines is 1. The van der Waals surface area contributed by atoms with E-state index >= 15 is 0 Å². The van der Waals surface area contributed by atoms with Crippen molar-refractivity contribution in [2.24, 2.45) is 7.05 Å². The third kappa shape index (κ3) is 2.56. The van der Waals surface area contributed by atoms with Crippen molar-refractivity contribution in [1.82, 2.24) is 20.2 Å². The van der Waals surface area contributed by atoms with E-state index in [1.54, 1.807) is 7.05 Å². The summed E-state index contributed by atoms with van der Waals surface area (Å²) < 4.78 is 0. The number of hydrogen-bond acceptors (Lipinski definition) is 4. The van der Waals surface area contributed by atoms with E-state index in [0.29, 0.717) is 12.4 Å². The van der Waals surface area contributed by atoms with E-state index < -0.39 is 0 Å².